The van der Waals surface area contributed by atoms with Crippen LogP contribution < -0.4 is 24.4 Å². The molecule has 1 N–H and O–H groups in total. The Kier molecular flexibility index (Phi) is 5.80. The number of para-hydroxylation sites is 2. The molecule has 7 nitrogen and oxygen atoms in total. The number of methoxy groups -OCH3 is 2. The number of benzene rings is 2. The molecule has 2 aromatic carbocycles. The Morgan fingerprint density at radius 1 is 1.15 bits per heavy atom. The first-order chi connectivity index (χ1) is 13.2. The largest absolute Gasteiger partial charge is 0.493 e. The van der Waals surface area contributed by atoms with E-state index in [1.807, 2.05) is 31.2 Å². The molecule has 0 spiro atoms. The number of amides is 1. The summed E-state index contributed by atoms with van der Waals surface area (Å²) in [5.74, 6) is 2.04. The zero-order chi connectivity index (χ0) is 19.2. The van der Waals surface area contributed by atoms with Gasteiger partial charge in [0, 0.05) is 5.56 Å². The van der Waals surface area contributed by atoms with Crippen molar-refractivity contribution in [3.05, 3.63) is 48.0 Å². The number of nitrogens with zero attached hydrogens (tertiary/aromatic N) is 1. The minimum absolute atomic E-state index is 0.135. The summed E-state index contributed by atoms with van der Waals surface area (Å²) in [6.45, 7) is 2.09. The van der Waals surface area contributed by atoms with Crippen LogP contribution in [-0.2, 0) is 4.79 Å². The Morgan fingerprint density at radius 3 is 2.59 bits per heavy atom. The Bertz CT molecular complexity index is 850. The first-order valence-electron chi connectivity index (χ1n) is 8.63. The van der Waals surface area contributed by atoms with E-state index in [1.165, 1.54) is 0 Å². The van der Waals surface area contributed by atoms with Gasteiger partial charge in [-0.05, 0) is 36.8 Å². The van der Waals surface area contributed by atoms with Gasteiger partial charge in [0.1, 0.15) is 6.61 Å². The molecule has 142 valence electrons. The van der Waals surface area contributed by atoms with Crippen LogP contribution in [0.25, 0.3) is 0 Å². The smallest absolute Gasteiger partial charge is 0.284 e. The summed E-state index contributed by atoms with van der Waals surface area (Å²) in [5.41, 5.74) is 4.12. The Morgan fingerprint density at radius 2 is 1.89 bits per heavy atom. The molecule has 7 heteroatoms. The van der Waals surface area contributed by atoms with Crippen molar-refractivity contribution in [1.82, 2.24) is 5.43 Å². The standard InChI is InChI=1S/C20H22N2O5/c1-4-14(13-9-10-15(24-2)18(11-13)25-3)21-22-20(23)19-12-26-16-7-5-6-8-17(16)27-19/h5-11,19H,4,12H2,1-3H3,(H,22,23)/b21-14+. The van der Waals surface area contributed by atoms with E-state index < -0.39 is 6.10 Å². The Balaban J connectivity index is 1.71. The molecule has 0 aliphatic carbocycles. The minimum atomic E-state index is -0.757. The van der Waals surface area contributed by atoms with Crippen LogP contribution in [0.3, 0.4) is 0 Å². The van der Waals surface area contributed by atoms with Crippen LogP contribution in [0.4, 0.5) is 0 Å². The highest BCUT2D eigenvalue weighted by Crippen LogP contribution is 2.31. The van der Waals surface area contributed by atoms with E-state index in [-0.39, 0.29) is 12.5 Å². The van der Waals surface area contributed by atoms with Crippen LogP contribution in [-0.4, -0.2) is 38.5 Å². The number of hydrazone groups is 1. The molecule has 0 radical (unpaired) electrons. The Labute approximate surface area is 157 Å². The summed E-state index contributed by atoms with van der Waals surface area (Å²) in [7, 11) is 3.15. The van der Waals surface area contributed by atoms with Crippen molar-refractivity contribution in [1.29, 1.82) is 0 Å². The van der Waals surface area contributed by atoms with Crippen molar-refractivity contribution in [3.63, 3.8) is 0 Å². The van der Waals surface area contributed by atoms with E-state index in [4.69, 9.17) is 18.9 Å². The van der Waals surface area contributed by atoms with E-state index in [0.29, 0.717) is 35.1 Å². The molecule has 1 amide bonds. The van der Waals surface area contributed by atoms with Gasteiger partial charge in [0.15, 0.2) is 23.0 Å². The average Bonchev–Trinajstić information content (AvgIpc) is 2.73. The molecular formula is C20H22N2O5. The quantitative estimate of drug-likeness (QED) is 0.625. The summed E-state index contributed by atoms with van der Waals surface area (Å²) in [4.78, 5) is 12.4. The second kappa shape index (κ2) is 8.44. The molecule has 1 heterocycles. The van der Waals surface area contributed by atoms with Crippen LogP contribution in [0.5, 0.6) is 23.0 Å². The third-order valence-electron chi connectivity index (χ3n) is 4.15. The number of rotatable bonds is 6. The van der Waals surface area contributed by atoms with Gasteiger partial charge >= 0.3 is 0 Å². The van der Waals surface area contributed by atoms with Crippen molar-refractivity contribution in [2.24, 2.45) is 5.10 Å². The van der Waals surface area contributed by atoms with Crippen molar-refractivity contribution >= 4 is 11.6 Å². The van der Waals surface area contributed by atoms with Gasteiger partial charge in [-0.25, -0.2) is 5.43 Å². The molecule has 3 rings (SSSR count). The van der Waals surface area contributed by atoms with E-state index in [1.54, 1.807) is 32.4 Å². The molecule has 27 heavy (non-hydrogen) atoms. The van der Waals surface area contributed by atoms with Crippen molar-refractivity contribution in [2.45, 2.75) is 19.4 Å². The second-order valence-electron chi connectivity index (χ2n) is 5.82. The van der Waals surface area contributed by atoms with E-state index in [9.17, 15) is 4.79 Å². The zero-order valence-corrected chi connectivity index (χ0v) is 15.5. The second-order valence-corrected chi connectivity index (χ2v) is 5.82. The molecule has 0 fully saturated rings. The average molecular weight is 370 g/mol. The van der Waals surface area contributed by atoms with Gasteiger partial charge in [0.25, 0.3) is 5.91 Å². The lowest BCUT2D eigenvalue weighted by Gasteiger charge is -2.24. The Hall–Kier alpha value is -3.22. The van der Waals surface area contributed by atoms with Gasteiger partial charge in [-0.2, -0.15) is 5.10 Å². The van der Waals surface area contributed by atoms with Gasteiger partial charge in [-0.15, -0.1) is 0 Å². The van der Waals surface area contributed by atoms with Gasteiger partial charge in [0.2, 0.25) is 6.10 Å². The van der Waals surface area contributed by atoms with Gasteiger partial charge in [-0.3, -0.25) is 4.79 Å². The number of hydrogen-bond acceptors (Lipinski definition) is 6. The highest BCUT2D eigenvalue weighted by molar-refractivity contribution is 6.01. The summed E-state index contributed by atoms with van der Waals surface area (Å²) in [6, 6.07) is 12.7. The molecule has 1 unspecified atom stereocenters. The molecule has 2 aromatic rings. The van der Waals surface area contributed by atoms with Crippen LogP contribution in [0.2, 0.25) is 0 Å². The topological polar surface area (TPSA) is 78.4 Å². The fourth-order valence-electron chi connectivity index (χ4n) is 2.71. The molecule has 0 saturated carbocycles. The van der Waals surface area contributed by atoms with Crippen LogP contribution in [0, 0.1) is 0 Å². The molecule has 1 aliphatic heterocycles. The molecule has 0 saturated heterocycles. The summed E-state index contributed by atoms with van der Waals surface area (Å²) in [6.07, 6.45) is -0.132. The zero-order valence-electron chi connectivity index (χ0n) is 15.5. The SMILES string of the molecule is CC/C(=N\NC(=O)C1COc2ccccc2O1)c1ccc(OC)c(OC)c1. The van der Waals surface area contributed by atoms with Crippen molar-refractivity contribution in [3.8, 4) is 23.0 Å². The van der Waals surface area contributed by atoms with Crippen LogP contribution in [0.15, 0.2) is 47.6 Å². The van der Waals surface area contributed by atoms with Gasteiger partial charge < -0.3 is 18.9 Å². The monoisotopic (exact) mass is 370 g/mol. The van der Waals surface area contributed by atoms with Gasteiger partial charge in [-0.1, -0.05) is 19.1 Å². The summed E-state index contributed by atoms with van der Waals surface area (Å²) in [5, 5.41) is 4.26. The molecule has 1 aliphatic rings. The maximum Gasteiger partial charge on any atom is 0.284 e. The first kappa shape index (κ1) is 18.6. The first-order valence-corrected chi connectivity index (χ1v) is 8.63. The predicted octanol–water partition coefficient (Wildman–Crippen LogP) is 2.77. The number of ether oxygens (including phenoxy) is 4. The number of hydrogen-bond donors (Lipinski definition) is 1. The number of carbonyl (C=O) groups excluding carboxylic acids is 1. The normalized spacial score (nSPS) is 15.8. The summed E-state index contributed by atoms with van der Waals surface area (Å²) < 4.78 is 21.8. The molecule has 0 aromatic heterocycles. The number of fused-ring (bicyclic) bond motifs is 1. The van der Waals surface area contributed by atoms with Crippen LogP contribution in [0.1, 0.15) is 18.9 Å². The third kappa shape index (κ3) is 4.13. The van der Waals surface area contributed by atoms with Crippen LogP contribution >= 0.6 is 0 Å². The lowest BCUT2D eigenvalue weighted by molar-refractivity contribution is -0.130. The summed E-state index contributed by atoms with van der Waals surface area (Å²) >= 11 is 0. The van der Waals surface area contributed by atoms with Crippen molar-refractivity contribution in [2.75, 3.05) is 20.8 Å². The predicted molar refractivity (Wildman–Crippen MR) is 101 cm³/mol. The minimum Gasteiger partial charge on any atom is -0.493 e. The lowest BCUT2D eigenvalue weighted by Crippen LogP contribution is -2.42. The number of nitrogens with one attached hydrogen (secondary N) is 1. The van der Waals surface area contributed by atoms with E-state index in [2.05, 4.69) is 10.5 Å². The number of carbonyl (C=O) groups is 1. The molecule has 0 bridgehead atoms. The molecule has 1 atom stereocenters. The highest BCUT2D eigenvalue weighted by Gasteiger charge is 2.27. The lowest BCUT2D eigenvalue weighted by atomic mass is 10.1. The van der Waals surface area contributed by atoms with E-state index in [0.717, 1.165) is 5.56 Å². The van der Waals surface area contributed by atoms with E-state index >= 15 is 0 Å². The van der Waals surface area contributed by atoms with Crippen molar-refractivity contribution < 1.29 is 23.7 Å². The fourth-order valence-corrected chi connectivity index (χ4v) is 2.71. The molecular weight excluding hydrogens is 348 g/mol. The fraction of sp³-hybridized carbons (Fsp3) is 0.300. The maximum absolute atomic E-state index is 12.4. The van der Waals surface area contributed by atoms with Gasteiger partial charge in [0.05, 0.1) is 19.9 Å². The third-order valence-corrected chi connectivity index (χ3v) is 4.15. The highest BCUT2D eigenvalue weighted by atomic mass is 16.6. The maximum atomic E-state index is 12.4.